The van der Waals surface area contributed by atoms with Crippen LogP contribution in [0.1, 0.15) is 12.5 Å². The van der Waals surface area contributed by atoms with E-state index in [1.165, 1.54) is 23.5 Å². The number of aryl methyl sites for hydroxylation is 1. The number of rotatable bonds is 5. The van der Waals surface area contributed by atoms with Crippen molar-refractivity contribution in [1.29, 1.82) is 0 Å². The van der Waals surface area contributed by atoms with Crippen LogP contribution in [0.15, 0.2) is 53.9 Å². The lowest BCUT2D eigenvalue weighted by molar-refractivity contribution is -0.122. The molecule has 0 bridgehead atoms. The Morgan fingerprint density at radius 2 is 2.04 bits per heavy atom. The van der Waals surface area contributed by atoms with Gasteiger partial charge in [0.2, 0.25) is 0 Å². The van der Waals surface area contributed by atoms with Crippen molar-refractivity contribution in [3.05, 3.63) is 65.3 Å². The van der Waals surface area contributed by atoms with Crippen molar-refractivity contribution in [2.45, 2.75) is 20.0 Å². The summed E-state index contributed by atoms with van der Waals surface area (Å²) in [7, 11) is 0. The third kappa shape index (κ3) is 4.42. The van der Waals surface area contributed by atoms with Gasteiger partial charge in [0, 0.05) is 10.9 Å². The molecule has 1 N–H and O–H groups in total. The van der Waals surface area contributed by atoms with Crippen LogP contribution in [0.25, 0.3) is 11.3 Å². The number of aromatic nitrogens is 1. The van der Waals surface area contributed by atoms with Gasteiger partial charge >= 0.3 is 0 Å². The molecule has 4 nitrogen and oxygen atoms in total. The zero-order chi connectivity index (χ0) is 17.8. The number of amides is 1. The van der Waals surface area contributed by atoms with Gasteiger partial charge in [-0.2, -0.15) is 0 Å². The van der Waals surface area contributed by atoms with Crippen molar-refractivity contribution >= 4 is 22.4 Å². The number of halogens is 1. The van der Waals surface area contributed by atoms with Gasteiger partial charge in [-0.3, -0.25) is 10.1 Å². The van der Waals surface area contributed by atoms with E-state index in [1.54, 1.807) is 24.4 Å². The van der Waals surface area contributed by atoms with E-state index in [0.717, 1.165) is 5.56 Å². The highest BCUT2D eigenvalue weighted by Gasteiger charge is 2.17. The molecule has 25 heavy (non-hydrogen) atoms. The molecule has 2 aromatic carbocycles. The maximum atomic E-state index is 13.3. The van der Waals surface area contributed by atoms with E-state index < -0.39 is 6.10 Å². The molecule has 0 aliphatic heterocycles. The average molecular weight is 356 g/mol. The fraction of sp³-hybridized carbons (Fsp3) is 0.158. The number of thiazole rings is 1. The maximum Gasteiger partial charge on any atom is 0.266 e. The van der Waals surface area contributed by atoms with Crippen LogP contribution < -0.4 is 10.1 Å². The molecular weight excluding hydrogens is 339 g/mol. The van der Waals surface area contributed by atoms with Gasteiger partial charge in [0.1, 0.15) is 11.6 Å². The van der Waals surface area contributed by atoms with Crippen molar-refractivity contribution in [3.8, 4) is 17.0 Å². The van der Waals surface area contributed by atoms with Gasteiger partial charge in [-0.25, -0.2) is 9.37 Å². The van der Waals surface area contributed by atoms with Crippen LogP contribution in [0.3, 0.4) is 0 Å². The quantitative estimate of drug-likeness (QED) is 0.723. The van der Waals surface area contributed by atoms with Crippen molar-refractivity contribution < 1.29 is 13.9 Å². The van der Waals surface area contributed by atoms with Crippen LogP contribution in [-0.2, 0) is 4.79 Å². The van der Waals surface area contributed by atoms with E-state index in [-0.39, 0.29) is 11.7 Å². The Labute approximate surface area is 149 Å². The number of benzene rings is 2. The monoisotopic (exact) mass is 356 g/mol. The summed E-state index contributed by atoms with van der Waals surface area (Å²) in [5.74, 6) is 0.0279. The Balaban J connectivity index is 1.65. The zero-order valence-electron chi connectivity index (χ0n) is 13.8. The molecule has 128 valence electrons. The number of hydrogen-bond donors (Lipinski definition) is 1. The number of carbonyl (C=O) groups excluding carboxylic acids is 1. The van der Waals surface area contributed by atoms with Crippen molar-refractivity contribution in [2.75, 3.05) is 5.32 Å². The Bertz CT molecular complexity index is 894. The Kier molecular flexibility index (Phi) is 5.09. The van der Waals surface area contributed by atoms with Crippen LogP contribution in [0.2, 0.25) is 0 Å². The Morgan fingerprint density at radius 1 is 1.24 bits per heavy atom. The maximum absolute atomic E-state index is 13.3. The molecule has 0 saturated carbocycles. The van der Waals surface area contributed by atoms with Gasteiger partial charge in [-0.1, -0.05) is 24.3 Å². The molecule has 0 saturated heterocycles. The minimum Gasteiger partial charge on any atom is -0.481 e. The second-order valence-electron chi connectivity index (χ2n) is 5.61. The largest absolute Gasteiger partial charge is 0.481 e. The standard InChI is InChI=1S/C19H17FN2O2S/c1-12-5-3-8-16(9-12)24-13(2)18(23)22-19-21-17(11-25-19)14-6-4-7-15(20)10-14/h3-11,13H,1-2H3,(H,21,22,23)/t13-/m0/s1. The van der Waals surface area contributed by atoms with E-state index in [1.807, 2.05) is 31.2 Å². The third-order valence-electron chi connectivity index (χ3n) is 3.53. The highest BCUT2D eigenvalue weighted by molar-refractivity contribution is 7.14. The van der Waals surface area contributed by atoms with Crippen LogP contribution in [-0.4, -0.2) is 17.0 Å². The molecule has 1 heterocycles. The number of anilines is 1. The SMILES string of the molecule is Cc1cccc(O[C@@H](C)C(=O)Nc2nc(-c3cccc(F)c3)cs2)c1. The van der Waals surface area contributed by atoms with Gasteiger partial charge in [-0.15, -0.1) is 11.3 Å². The van der Waals surface area contributed by atoms with Crippen LogP contribution in [0.5, 0.6) is 5.75 Å². The summed E-state index contributed by atoms with van der Waals surface area (Å²) in [4.78, 5) is 16.6. The van der Waals surface area contributed by atoms with Crippen molar-refractivity contribution in [2.24, 2.45) is 0 Å². The van der Waals surface area contributed by atoms with E-state index >= 15 is 0 Å². The number of nitrogens with zero attached hydrogens (tertiary/aromatic N) is 1. The normalized spacial score (nSPS) is 11.8. The highest BCUT2D eigenvalue weighted by Crippen LogP contribution is 2.25. The minimum atomic E-state index is -0.664. The summed E-state index contributed by atoms with van der Waals surface area (Å²) in [6.07, 6.45) is -0.664. The zero-order valence-corrected chi connectivity index (χ0v) is 14.6. The molecule has 0 unspecified atom stereocenters. The Morgan fingerprint density at radius 3 is 2.80 bits per heavy atom. The molecule has 3 aromatic rings. The minimum absolute atomic E-state index is 0.290. The van der Waals surface area contributed by atoms with E-state index in [9.17, 15) is 9.18 Å². The lowest BCUT2D eigenvalue weighted by atomic mass is 10.2. The molecule has 6 heteroatoms. The molecule has 0 aliphatic rings. The number of carbonyl (C=O) groups is 1. The summed E-state index contributed by atoms with van der Waals surface area (Å²) in [5, 5.41) is 4.95. The number of nitrogens with one attached hydrogen (secondary N) is 1. The summed E-state index contributed by atoms with van der Waals surface area (Å²) in [6.45, 7) is 3.64. The van der Waals surface area contributed by atoms with Gasteiger partial charge in [0.25, 0.3) is 5.91 Å². The summed E-state index contributed by atoms with van der Waals surface area (Å²) in [6, 6.07) is 13.7. The summed E-state index contributed by atoms with van der Waals surface area (Å²) >= 11 is 1.28. The molecule has 0 aliphatic carbocycles. The van der Waals surface area contributed by atoms with Gasteiger partial charge in [0.15, 0.2) is 11.2 Å². The third-order valence-corrected chi connectivity index (χ3v) is 4.28. The fourth-order valence-corrected chi connectivity index (χ4v) is 2.99. The summed E-state index contributed by atoms with van der Waals surface area (Å²) < 4.78 is 19.0. The van der Waals surface area contributed by atoms with Crippen molar-refractivity contribution in [1.82, 2.24) is 4.98 Å². The fourth-order valence-electron chi connectivity index (χ4n) is 2.26. The van der Waals surface area contributed by atoms with Crippen LogP contribution >= 0.6 is 11.3 Å². The lowest BCUT2D eigenvalue weighted by Gasteiger charge is -2.14. The highest BCUT2D eigenvalue weighted by atomic mass is 32.1. The van der Waals surface area contributed by atoms with E-state index in [0.29, 0.717) is 22.1 Å². The molecule has 1 aromatic heterocycles. The van der Waals surface area contributed by atoms with E-state index in [4.69, 9.17) is 4.74 Å². The van der Waals surface area contributed by atoms with Crippen LogP contribution in [0.4, 0.5) is 9.52 Å². The predicted molar refractivity (Wildman–Crippen MR) is 97.4 cm³/mol. The molecule has 0 fully saturated rings. The predicted octanol–water partition coefficient (Wildman–Crippen LogP) is 4.66. The summed E-state index contributed by atoms with van der Waals surface area (Å²) in [5.41, 5.74) is 2.35. The van der Waals surface area contributed by atoms with E-state index in [2.05, 4.69) is 10.3 Å². The average Bonchev–Trinajstić information content (AvgIpc) is 3.03. The second kappa shape index (κ2) is 7.44. The first-order chi connectivity index (χ1) is 12.0. The first-order valence-electron chi connectivity index (χ1n) is 7.77. The van der Waals surface area contributed by atoms with Crippen LogP contribution in [0, 0.1) is 12.7 Å². The number of hydrogen-bond acceptors (Lipinski definition) is 4. The van der Waals surface area contributed by atoms with Gasteiger partial charge in [0.05, 0.1) is 5.69 Å². The topological polar surface area (TPSA) is 51.2 Å². The molecule has 1 amide bonds. The second-order valence-corrected chi connectivity index (χ2v) is 6.47. The van der Waals surface area contributed by atoms with Gasteiger partial charge < -0.3 is 4.74 Å². The smallest absolute Gasteiger partial charge is 0.266 e. The number of ether oxygens (including phenoxy) is 1. The van der Waals surface area contributed by atoms with Crippen molar-refractivity contribution in [3.63, 3.8) is 0 Å². The molecule has 0 spiro atoms. The van der Waals surface area contributed by atoms with Gasteiger partial charge in [-0.05, 0) is 43.7 Å². The first-order valence-corrected chi connectivity index (χ1v) is 8.65. The lowest BCUT2D eigenvalue weighted by Crippen LogP contribution is -2.30. The molecule has 3 rings (SSSR count). The Hall–Kier alpha value is -2.73. The molecule has 0 radical (unpaired) electrons. The molecular formula is C19H17FN2O2S. The molecule has 1 atom stereocenters. The first kappa shape index (κ1) is 17.1.